The third-order valence-electron chi connectivity index (χ3n) is 5.60. The van der Waals surface area contributed by atoms with Gasteiger partial charge in [-0.2, -0.15) is 0 Å². The van der Waals surface area contributed by atoms with Gasteiger partial charge in [-0.1, -0.05) is 13.8 Å². The van der Waals surface area contributed by atoms with Crippen LogP contribution in [0.15, 0.2) is 30.7 Å². The van der Waals surface area contributed by atoms with Gasteiger partial charge in [-0.3, -0.25) is 4.79 Å². The van der Waals surface area contributed by atoms with E-state index in [0.717, 1.165) is 47.4 Å². The van der Waals surface area contributed by atoms with Crippen molar-refractivity contribution in [3.8, 4) is 11.3 Å². The van der Waals surface area contributed by atoms with Crippen LogP contribution in [0, 0.1) is 5.92 Å². The van der Waals surface area contributed by atoms with Crippen LogP contribution < -0.4 is 16.4 Å². The number of nitrogens with zero attached hydrogens (tertiary/aromatic N) is 4. The second kappa shape index (κ2) is 8.27. The van der Waals surface area contributed by atoms with Gasteiger partial charge in [0.15, 0.2) is 0 Å². The van der Waals surface area contributed by atoms with Gasteiger partial charge in [0, 0.05) is 30.7 Å². The van der Waals surface area contributed by atoms with Gasteiger partial charge in [0.2, 0.25) is 5.95 Å². The number of H-pyrrole nitrogens is 1. The van der Waals surface area contributed by atoms with E-state index in [1.807, 2.05) is 32.2 Å². The first-order chi connectivity index (χ1) is 14.5. The predicted octanol–water partition coefficient (Wildman–Crippen LogP) is 2.10. The molecule has 0 saturated carbocycles. The maximum absolute atomic E-state index is 12.2. The van der Waals surface area contributed by atoms with E-state index < -0.39 is 6.04 Å². The predicted molar refractivity (Wildman–Crippen MR) is 116 cm³/mol. The van der Waals surface area contributed by atoms with E-state index in [9.17, 15) is 4.79 Å². The summed E-state index contributed by atoms with van der Waals surface area (Å²) in [5.74, 6) is -0.0880. The molecule has 0 bridgehead atoms. The van der Waals surface area contributed by atoms with E-state index in [-0.39, 0.29) is 23.9 Å². The summed E-state index contributed by atoms with van der Waals surface area (Å²) in [5, 5.41) is 0.965. The molecule has 0 spiro atoms. The summed E-state index contributed by atoms with van der Waals surface area (Å²) < 4.78 is 5.56. The number of rotatable bonds is 6. The molecular formula is C21H27N7O2. The molecule has 9 heteroatoms. The zero-order valence-corrected chi connectivity index (χ0v) is 17.2. The first-order valence-corrected chi connectivity index (χ1v) is 10.2. The number of nitrogen functional groups attached to an aromatic ring is 1. The molecule has 4 heterocycles. The second-order valence-corrected chi connectivity index (χ2v) is 7.95. The minimum absolute atomic E-state index is 0.0414. The lowest BCUT2D eigenvalue weighted by Gasteiger charge is -2.28. The van der Waals surface area contributed by atoms with Crippen molar-refractivity contribution in [1.29, 1.82) is 0 Å². The Morgan fingerprint density at radius 2 is 2.13 bits per heavy atom. The molecule has 158 valence electrons. The highest BCUT2D eigenvalue weighted by molar-refractivity contribution is 6.02. The molecule has 1 fully saturated rings. The van der Waals surface area contributed by atoms with Crippen LogP contribution in [0.2, 0.25) is 0 Å². The Hall–Kier alpha value is -3.20. The minimum atomic E-state index is -0.605. The Kier molecular flexibility index (Phi) is 5.54. The number of pyridine rings is 1. The minimum Gasteiger partial charge on any atom is -0.462 e. The number of nitrogens with one attached hydrogen (secondary N) is 1. The van der Waals surface area contributed by atoms with Crippen LogP contribution in [-0.2, 0) is 9.53 Å². The summed E-state index contributed by atoms with van der Waals surface area (Å²) in [6, 6.07) is 3.29. The van der Waals surface area contributed by atoms with E-state index in [4.69, 9.17) is 16.2 Å². The zero-order valence-electron chi connectivity index (χ0n) is 17.2. The second-order valence-electron chi connectivity index (χ2n) is 7.95. The van der Waals surface area contributed by atoms with Gasteiger partial charge in [-0.05, 0) is 30.9 Å². The van der Waals surface area contributed by atoms with Crippen LogP contribution in [-0.4, -0.2) is 51.1 Å². The molecule has 3 aromatic rings. The van der Waals surface area contributed by atoms with Crippen LogP contribution in [0.1, 0.15) is 26.7 Å². The standard InChI is InChI=1S/C21H27N7O2/c1-12(2)18(22)20(29)30-11-13-4-3-9-28(13)16-6-8-24-19-17(16)14(10-26-19)15-5-7-25-21(23)27-15/h5-8,10,12-13,18H,3-4,9,11,22H2,1-2H3,(H,24,26)(H2,23,25,27)/t13-,18-/m0/s1. The summed E-state index contributed by atoms with van der Waals surface area (Å²) >= 11 is 0. The lowest BCUT2D eigenvalue weighted by atomic mass is 10.1. The lowest BCUT2D eigenvalue weighted by molar-refractivity contribution is -0.146. The molecule has 0 aromatic carbocycles. The van der Waals surface area contributed by atoms with Gasteiger partial charge in [0.25, 0.3) is 0 Å². The molecular weight excluding hydrogens is 382 g/mol. The maximum Gasteiger partial charge on any atom is 0.323 e. The van der Waals surface area contributed by atoms with Crippen molar-refractivity contribution in [2.45, 2.75) is 38.8 Å². The van der Waals surface area contributed by atoms with Crippen molar-refractivity contribution < 1.29 is 9.53 Å². The van der Waals surface area contributed by atoms with Gasteiger partial charge >= 0.3 is 5.97 Å². The molecule has 0 aliphatic carbocycles. The number of ether oxygens (including phenoxy) is 1. The highest BCUT2D eigenvalue weighted by atomic mass is 16.5. The summed E-state index contributed by atoms with van der Waals surface area (Å²) in [6.07, 6.45) is 7.26. The van der Waals surface area contributed by atoms with Crippen molar-refractivity contribution in [2.75, 3.05) is 23.8 Å². The van der Waals surface area contributed by atoms with Gasteiger partial charge < -0.3 is 26.1 Å². The summed E-state index contributed by atoms with van der Waals surface area (Å²) in [5.41, 5.74) is 15.1. The summed E-state index contributed by atoms with van der Waals surface area (Å²) in [4.78, 5) is 30.5. The molecule has 4 rings (SSSR count). The van der Waals surface area contributed by atoms with E-state index in [0.29, 0.717) is 6.61 Å². The number of carbonyl (C=O) groups excluding carboxylic acids is 1. The van der Waals surface area contributed by atoms with Gasteiger partial charge in [-0.15, -0.1) is 0 Å². The normalized spacial score (nSPS) is 17.6. The van der Waals surface area contributed by atoms with Crippen LogP contribution in [0.5, 0.6) is 0 Å². The van der Waals surface area contributed by atoms with Crippen molar-refractivity contribution in [1.82, 2.24) is 19.9 Å². The molecule has 3 aromatic heterocycles. The van der Waals surface area contributed by atoms with Crippen molar-refractivity contribution >= 4 is 28.6 Å². The Labute approximate surface area is 174 Å². The first-order valence-electron chi connectivity index (χ1n) is 10.2. The molecule has 5 N–H and O–H groups in total. The third-order valence-corrected chi connectivity index (χ3v) is 5.60. The number of aromatic nitrogens is 4. The molecule has 0 radical (unpaired) electrons. The fraction of sp³-hybridized carbons (Fsp3) is 0.429. The smallest absolute Gasteiger partial charge is 0.323 e. The molecule has 1 saturated heterocycles. The molecule has 0 unspecified atom stereocenters. The first kappa shape index (κ1) is 20.1. The number of carbonyl (C=O) groups is 1. The van der Waals surface area contributed by atoms with E-state index in [1.165, 1.54) is 0 Å². The Morgan fingerprint density at radius 3 is 2.90 bits per heavy atom. The molecule has 2 atom stereocenters. The quantitative estimate of drug-likeness (QED) is 0.527. The number of anilines is 2. The van der Waals surface area contributed by atoms with Crippen LogP contribution in [0.25, 0.3) is 22.3 Å². The van der Waals surface area contributed by atoms with Gasteiger partial charge in [0.05, 0.1) is 22.8 Å². The Balaban J connectivity index is 1.64. The monoisotopic (exact) mass is 409 g/mol. The Morgan fingerprint density at radius 1 is 1.33 bits per heavy atom. The summed E-state index contributed by atoms with van der Waals surface area (Å²) in [6.45, 7) is 5.00. The fourth-order valence-corrected chi connectivity index (χ4v) is 3.88. The van der Waals surface area contributed by atoms with Crippen molar-refractivity contribution in [3.63, 3.8) is 0 Å². The van der Waals surface area contributed by atoms with Crippen molar-refractivity contribution in [3.05, 3.63) is 30.7 Å². The highest BCUT2D eigenvalue weighted by Crippen LogP contribution is 2.37. The Bertz CT molecular complexity index is 1050. The van der Waals surface area contributed by atoms with E-state index in [1.54, 1.807) is 12.4 Å². The largest absolute Gasteiger partial charge is 0.462 e. The van der Waals surface area contributed by atoms with E-state index in [2.05, 4.69) is 24.8 Å². The number of hydrogen-bond acceptors (Lipinski definition) is 8. The topological polar surface area (TPSA) is 136 Å². The van der Waals surface area contributed by atoms with Crippen molar-refractivity contribution in [2.24, 2.45) is 11.7 Å². The molecule has 1 aliphatic heterocycles. The zero-order chi connectivity index (χ0) is 21.3. The molecule has 30 heavy (non-hydrogen) atoms. The lowest BCUT2D eigenvalue weighted by Crippen LogP contribution is -2.40. The number of esters is 1. The van der Waals surface area contributed by atoms with Crippen LogP contribution >= 0.6 is 0 Å². The number of hydrogen-bond donors (Lipinski definition) is 3. The van der Waals surface area contributed by atoms with Crippen LogP contribution in [0.3, 0.4) is 0 Å². The number of fused-ring (bicyclic) bond motifs is 1. The molecule has 1 aliphatic rings. The average molecular weight is 409 g/mol. The SMILES string of the molecule is CC(C)[C@H](N)C(=O)OC[C@@H]1CCCN1c1ccnc2[nH]cc(-c3ccnc(N)n3)c12. The average Bonchev–Trinajstić information content (AvgIpc) is 3.38. The number of nitrogens with two attached hydrogens (primary N) is 2. The van der Waals surface area contributed by atoms with Crippen LogP contribution in [0.4, 0.5) is 11.6 Å². The molecule has 0 amide bonds. The summed E-state index contributed by atoms with van der Waals surface area (Å²) in [7, 11) is 0. The van der Waals surface area contributed by atoms with Gasteiger partial charge in [-0.25, -0.2) is 15.0 Å². The molecule has 9 nitrogen and oxygen atoms in total. The highest BCUT2D eigenvalue weighted by Gasteiger charge is 2.29. The fourth-order valence-electron chi connectivity index (χ4n) is 3.88. The third kappa shape index (κ3) is 3.80. The van der Waals surface area contributed by atoms with Gasteiger partial charge in [0.1, 0.15) is 18.3 Å². The number of aromatic amines is 1. The maximum atomic E-state index is 12.2. The van der Waals surface area contributed by atoms with E-state index >= 15 is 0 Å².